The van der Waals surface area contributed by atoms with Gasteiger partial charge in [-0.1, -0.05) is 0 Å². The summed E-state index contributed by atoms with van der Waals surface area (Å²) in [4.78, 5) is -0.302. The number of aryl methyl sites for hydroxylation is 1. The van der Waals surface area contributed by atoms with Crippen molar-refractivity contribution < 1.29 is 47.3 Å². The van der Waals surface area contributed by atoms with Crippen molar-refractivity contribution in [3.05, 3.63) is 17.7 Å². The van der Waals surface area contributed by atoms with Crippen LogP contribution in [0.2, 0.25) is 0 Å². The third-order valence-corrected chi connectivity index (χ3v) is 2.78. The molecule has 7 heteroatoms. The molecule has 0 unspecified atom stereocenters. The number of hydrogen-bond acceptors (Lipinski definition) is 5. The van der Waals surface area contributed by atoms with Gasteiger partial charge in [-0.3, -0.25) is 0 Å². The van der Waals surface area contributed by atoms with Crippen molar-refractivity contribution in [2.24, 2.45) is 0 Å². The molecule has 5 nitrogen and oxygen atoms in total. The van der Waals surface area contributed by atoms with Gasteiger partial charge in [0.05, 0.1) is 17.7 Å². The van der Waals surface area contributed by atoms with Crippen LogP contribution in [0.15, 0.2) is 17.0 Å². The summed E-state index contributed by atoms with van der Waals surface area (Å²) < 4.78 is 37.2. The zero-order chi connectivity index (χ0) is 10.9. The summed E-state index contributed by atoms with van der Waals surface area (Å²) in [6.45, 7) is 1.50. The largest absolute Gasteiger partial charge is 1.00 e. The van der Waals surface area contributed by atoms with Crippen molar-refractivity contribution in [1.82, 2.24) is 0 Å². The number of ether oxygens (including phenoxy) is 1. The second-order valence-electron chi connectivity index (χ2n) is 2.81. The summed E-state index contributed by atoms with van der Waals surface area (Å²) in [6.07, 6.45) is 0. The summed E-state index contributed by atoms with van der Waals surface area (Å²) in [5.74, 6) is 0.185. The molecule has 0 saturated heterocycles. The summed E-state index contributed by atoms with van der Waals surface area (Å²) in [7, 11) is -3.12. The molecule has 1 aromatic carbocycles. The molecule has 0 aliphatic rings. The van der Waals surface area contributed by atoms with E-state index < -0.39 is 10.1 Å². The summed E-state index contributed by atoms with van der Waals surface area (Å²) in [5, 5.41) is 0. The SMILES string of the molecule is COc1cc(S(=O)(=O)[O-])c(C)cc1N.[Na+]. The van der Waals surface area contributed by atoms with E-state index in [1.165, 1.54) is 20.1 Å². The Balaban J connectivity index is 0.00000196. The molecule has 1 aromatic rings. The number of benzene rings is 1. The van der Waals surface area contributed by atoms with E-state index in [4.69, 9.17) is 10.5 Å². The number of rotatable bonds is 2. The minimum atomic E-state index is -4.47. The van der Waals surface area contributed by atoms with E-state index in [1.54, 1.807) is 0 Å². The maximum Gasteiger partial charge on any atom is 1.00 e. The summed E-state index contributed by atoms with van der Waals surface area (Å²) >= 11 is 0. The van der Waals surface area contributed by atoms with Gasteiger partial charge in [0.15, 0.2) is 0 Å². The Bertz CT molecular complexity index is 458. The maximum absolute atomic E-state index is 10.8. The third kappa shape index (κ3) is 3.35. The Morgan fingerprint density at radius 1 is 1.40 bits per heavy atom. The number of nitrogen functional groups attached to an aromatic ring is 1. The van der Waals surface area contributed by atoms with Crippen LogP contribution >= 0.6 is 0 Å². The normalized spacial score (nSPS) is 10.6. The molecule has 0 aromatic heterocycles. The van der Waals surface area contributed by atoms with Gasteiger partial charge in [0.25, 0.3) is 0 Å². The van der Waals surface area contributed by atoms with Crippen LogP contribution in [-0.4, -0.2) is 20.1 Å². The second-order valence-corrected chi connectivity index (χ2v) is 4.16. The van der Waals surface area contributed by atoms with Crippen LogP contribution in [0.25, 0.3) is 0 Å². The van der Waals surface area contributed by atoms with E-state index in [0.717, 1.165) is 6.07 Å². The standard InChI is InChI=1S/C8H11NO4S.Na/c1-5-3-6(9)7(13-2)4-8(5)14(10,11)12;/h3-4H,9H2,1-2H3,(H,10,11,12);/q;+1/p-1. The molecule has 0 radical (unpaired) electrons. The van der Waals surface area contributed by atoms with E-state index in [0.29, 0.717) is 11.3 Å². The van der Waals surface area contributed by atoms with Gasteiger partial charge >= 0.3 is 29.6 Å². The van der Waals surface area contributed by atoms with Gasteiger partial charge in [0.2, 0.25) is 0 Å². The van der Waals surface area contributed by atoms with E-state index in [-0.39, 0.29) is 40.2 Å². The molecule has 1 rings (SSSR count). The first-order chi connectivity index (χ1) is 6.36. The van der Waals surface area contributed by atoms with Crippen molar-refractivity contribution in [3.63, 3.8) is 0 Å². The minimum Gasteiger partial charge on any atom is -0.744 e. The monoisotopic (exact) mass is 239 g/mol. The Hall–Kier alpha value is -0.270. The number of nitrogens with two attached hydrogens (primary N) is 1. The van der Waals surface area contributed by atoms with Crippen molar-refractivity contribution in [3.8, 4) is 5.75 Å². The van der Waals surface area contributed by atoms with Crippen LogP contribution in [0.3, 0.4) is 0 Å². The molecule has 78 valence electrons. The number of anilines is 1. The van der Waals surface area contributed by atoms with Crippen LogP contribution in [0.4, 0.5) is 5.69 Å². The average molecular weight is 239 g/mol. The van der Waals surface area contributed by atoms with Crippen molar-refractivity contribution in [2.75, 3.05) is 12.8 Å². The molecule has 0 heterocycles. The molecule has 0 saturated carbocycles. The first-order valence-corrected chi connectivity index (χ1v) is 5.17. The van der Waals surface area contributed by atoms with Gasteiger partial charge in [-0.2, -0.15) is 0 Å². The Morgan fingerprint density at radius 2 is 1.93 bits per heavy atom. The smallest absolute Gasteiger partial charge is 0.744 e. The van der Waals surface area contributed by atoms with E-state index in [9.17, 15) is 13.0 Å². The molecule has 0 amide bonds. The number of hydrogen-bond donors (Lipinski definition) is 1. The molecule has 0 aliphatic heterocycles. The van der Waals surface area contributed by atoms with Gasteiger partial charge < -0.3 is 15.0 Å². The molecule has 2 N–H and O–H groups in total. The first kappa shape index (κ1) is 14.7. The number of methoxy groups -OCH3 is 1. The molecule has 0 bridgehead atoms. The maximum atomic E-state index is 10.8. The van der Waals surface area contributed by atoms with Gasteiger partial charge in [-0.25, -0.2) is 8.42 Å². The van der Waals surface area contributed by atoms with Gasteiger partial charge in [0.1, 0.15) is 15.9 Å². The van der Waals surface area contributed by atoms with Gasteiger partial charge in [-0.05, 0) is 18.6 Å². The molecule has 0 atom stereocenters. The van der Waals surface area contributed by atoms with Crippen LogP contribution in [-0.2, 0) is 10.1 Å². The van der Waals surface area contributed by atoms with E-state index in [2.05, 4.69) is 0 Å². The Kier molecular flexibility index (Phi) is 5.08. The summed E-state index contributed by atoms with van der Waals surface area (Å²) in [6, 6.07) is 2.52. The summed E-state index contributed by atoms with van der Waals surface area (Å²) in [5.41, 5.74) is 6.14. The molecule has 0 spiro atoms. The predicted molar refractivity (Wildman–Crippen MR) is 50.1 cm³/mol. The van der Waals surface area contributed by atoms with Crippen LogP contribution in [0, 0.1) is 6.92 Å². The van der Waals surface area contributed by atoms with E-state index >= 15 is 0 Å². The third-order valence-electron chi connectivity index (χ3n) is 1.80. The van der Waals surface area contributed by atoms with Crippen LogP contribution in [0.1, 0.15) is 5.56 Å². The molecule has 15 heavy (non-hydrogen) atoms. The fraction of sp³-hybridized carbons (Fsp3) is 0.250. The second kappa shape index (κ2) is 5.18. The Morgan fingerprint density at radius 3 is 2.33 bits per heavy atom. The zero-order valence-corrected chi connectivity index (χ0v) is 11.6. The fourth-order valence-corrected chi connectivity index (χ4v) is 1.84. The first-order valence-electron chi connectivity index (χ1n) is 3.76. The average Bonchev–Trinajstić information content (AvgIpc) is 2.02. The van der Waals surface area contributed by atoms with Crippen molar-refractivity contribution >= 4 is 15.8 Å². The minimum absolute atomic E-state index is 0. The van der Waals surface area contributed by atoms with E-state index in [1.807, 2.05) is 0 Å². The van der Waals surface area contributed by atoms with Crippen LogP contribution < -0.4 is 40.0 Å². The topological polar surface area (TPSA) is 92.5 Å². The molecular weight excluding hydrogens is 229 g/mol. The van der Waals surface area contributed by atoms with Gasteiger partial charge in [-0.15, -0.1) is 0 Å². The van der Waals surface area contributed by atoms with Crippen molar-refractivity contribution in [1.29, 1.82) is 0 Å². The fourth-order valence-electron chi connectivity index (χ4n) is 1.14. The zero-order valence-electron chi connectivity index (χ0n) is 8.77. The predicted octanol–water partition coefficient (Wildman–Crippen LogP) is -2.51. The molecule has 0 aliphatic carbocycles. The quantitative estimate of drug-likeness (QED) is 0.350. The van der Waals surface area contributed by atoms with Gasteiger partial charge in [0, 0.05) is 6.07 Å². The van der Waals surface area contributed by atoms with Crippen molar-refractivity contribution in [2.45, 2.75) is 11.8 Å². The van der Waals surface area contributed by atoms with Crippen LogP contribution in [0.5, 0.6) is 5.75 Å². The molecule has 0 fully saturated rings. The Labute approximate surface area is 111 Å². The molecular formula is C8H10NNaO4S.